The summed E-state index contributed by atoms with van der Waals surface area (Å²) in [5.74, 6) is -1.19. The number of nitrogens with one attached hydrogen (secondary N) is 1. The highest BCUT2D eigenvalue weighted by Gasteiger charge is 2.49. The quantitative estimate of drug-likeness (QED) is 0.831. The first-order valence-electron chi connectivity index (χ1n) is 7.63. The van der Waals surface area contributed by atoms with Gasteiger partial charge in [0.25, 0.3) is 0 Å². The summed E-state index contributed by atoms with van der Waals surface area (Å²) in [6.07, 6.45) is 1.33. The molecule has 2 unspecified atom stereocenters. The minimum atomic E-state index is -0.364. The summed E-state index contributed by atoms with van der Waals surface area (Å²) in [5, 5.41) is 2.70. The van der Waals surface area contributed by atoms with E-state index in [1.165, 1.54) is 24.3 Å². The van der Waals surface area contributed by atoms with Gasteiger partial charge in [-0.1, -0.05) is 0 Å². The summed E-state index contributed by atoms with van der Waals surface area (Å²) in [4.78, 5) is 38.5. The Labute approximate surface area is 133 Å². The van der Waals surface area contributed by atoms with Crippen LogP contribution in [0.15, 0.2) is 24.3 Å². The Kier molecular flexibility index (Phi) is 4.27. The SMILES string of the molecule is O=CN1CCN(C(=O)C2CC2C(=O)Nc2ccc(F)cc2)CC1. The standard InChI is InChI=1S/C16H18FN3O3/c17-11-1-3-12(4-2-11)18-15(22)13-9-14(13)16(23)20-7-5-19(10-21)6-8-20/h1-4,10,13-14H,5-9H2,(H,18,22). The molecule has 1 aliphatic carbocycles. The van der Waals surface area contributed by atoms with Crippen LogP contribution in [0.2, 0.25) is 0 Å². The molecule has 3 rings (SSSR count). The van der Waals surface area contributed by atoms with E-state index in [1.54, 1.807) is 9.80 Å². The van der Waals surface area contributed by atoms with E-state index in [-0.39, 0.29) is 29.5 Å². The lowest BCUT2D eigenvalue weighted by Gasteiger charge is -2.32. The number of amides is 3. The lowest BCUT2D eigenvalue weighted by molar-refractivity contribution is -0.137. The highest BCUT2D eigenvalue weighted by molar-refractivity contribution is 5.99. The summed E-state index contributed by atoms with van der Waals surface area (Å²) in [7, 11) is 0. The van der Waals surface area contributed by atoms with Gasteiger partial charge in [-0.3, -0.25) is 14.4 Å². The Hall–Kier alpha value is -2.44. The van der Waals surface area contributed by atoms with Gasteiger partial charge in [0, 0.05) is 31.9 Å². The third-order valence-corrected chi connectivity index (χ3v) is 4.33. The summed E-state index contributed by atoms with van der Waals surface area (Å²) in [6.45, 7) is 2.10. The van der Waals surface area contributed by atoms with Crippen LogP contribution < -0.4 is 5.32 Å². The normalized spacial score (nSPS) is 23.3. The van der Waals surface area contributed by atoms with Crippen molar-refractivity contribution in [1.82, 2.24) is 9.80 Å². The molecule has 1 saturated heterocycles. The predicted octanol–water partition coefficient (Wildman–Crippen LogP) is 0.701. The van der Waals surface area contributed by atoms with Crippen molar-refractivity contribution in [3.05, 3.63) is 30.1 Å². The molecule has 1 aromatic carbocycles. The molecule has 0 bridgehead atoms. The zero-order valence-electron chi connectivity index (χ0n) is 12.6. The van der Waals surface area contributed by atoms with E-state index in [2.05, 4.69) is 5.32 Å². The van der Waals surface area contributed by atoms with Gasteiger partial charge in [0.2, 0.25) is 18.2 Å². The number of carbonyl (C=O) groups excluding carboxylic acids is 3. The number of halogens is 1. The molecule has 1 N–H and O–H groups in total. The van der Waals surface area contributed by atoms with Crippen LogP contribution >= 0.6 is 0 Å². The maximum Gasteiger partial charge on any atom is 0.228 e. The highest BCUT2D eigenvalue weighted by Crippen LogP contribution is 2.41. The molecule has 0 radical (unpaired) electrons. The number of hydrogen-bond donors (Lipinski definition) is 1. The van der Waals surface area contributed by atoms with Crippen molar-refractivity contribution in [2.75, 3.05) is 31.5 Å². The Morgan fingerprint density at radius 3 is 2.35 bits per heavy atom. The van der Waals surface area contributed by atoms with Gasteiger partial charge in [0.1, 0.15) is 5.82 Å². The van der Waals surface area contributed by atoms with Crippen molar-refractivity contribution < 1.29 is 18.8 Å². The molecule has 2 fully saturated rings. The van der Waals surface area contributed by atoms with Crippen molar-refractivity contribution in [3.8, 4) is 0 Å². The molecule has 1 saturated carbocycles. The van der Waals surface area contributed by atoms with Crippen LogP contribution in [-0.4, -0.2) is 54.2 Å². The van der Waals surface area contributed by atoms with E-state index in [0.29, 0.717) is 38.3 Å². The van der Waals surface area contributed by atoms with Crippen molar-refractivity contribution in [2.45, 2.75) is 6.42 Å². The van der Waals surface area contributed by atoms with E-state index in [4.69, 9.17) is 0 Å². The van der Waals surface area contributed by atoms with Gasteiger partial charge in [0.05, 0.1) is 11.8 Å². The lowest BCUT2D eigenvalue weighted by Crippen LogP contribution is -2.48. The van der Waals surface area contributed by atoms with Crippen molar-refractivity contribution in [1.29, 1.82) is 0 Å². The molecule has 1 aliphatic heterocycles. The van der Waals surface area contributed by atoms with Gasteiger partial charge < -0.3 is 15.1 Å². The zero-order chi connectivity index (χ0) is 16.4. The third kappa shape index (κ3) is 3.49. The molecule has 23 heavy (non-hydrogen) atoms. The molecule has 0 spiro atoms. The first kappa shape index (κ1) is 15.5. The van der Waals surface area contributed by atoms with Gasteiger partial charge in [-0.15, -0.1) is 0 Å². The smallest absolute Gasteiger partial charge is 0.228 e. The van der Waals surface area contributed by atoms with E-state index < -0.39 is 0 Å². The number of nitrogens with zero attached hydrogens (tertiary/aromatic N) is 2. The van der Waals surface area contributed by atoms with E-state index in [0.717, 1.165) is 6.41 Å². The molecule has 6 nitrogen and oxygen atoms in total. The van der Waals surface area contributed by atoms with Gasteiger partial charge >= 0.3 is 0 Å². The number of hydrogen-bond acceptors (Lipinski definition) is 3. The maximum atomic E-state index is 12.8. The van der Waals surface area contributed by atoms with Crippen LogP contribution in [0.4, 0.5) is 10.1 Å². The molecule has 1 aromatic rings. The minimum absolute atomic E-state index is 0.0187. The molecule has 0 aromatic heterocycles. The average Bonchev–Trinajstić information content (AvgIpc) is 3.37. The van der Waals surface area contributed by atoms with Crippen molar-refractivity contribution in [3.63, 3.8) is 0 Å². The Morgan fingerprint density at radius 1 is 1.09 bits per heavy atom. The van der Waals surface area contributed by atoms with Crippen LogP contribution in [0.5, 0.6) is 0 Å². The van der Waals surface area contributed by atoms with Crippen LogP contribution in [0, 0.1) is 17.7 Å². The molecular weight excluding hydrogens is 301 g/mol. The molecule has 2 atom stereocenters. The van der Waals surface area contributed by atoms with Crippen LogP contribution in [-0.2, 0) is 14.4 Å². The van der Waals surface area contributed by atoms with Crippen molar-refractivity contribution >= 4 is 23.9 Å². The topological polar surface area (TPSA) is 69.7 Å². The van der Waals surface area contributed by atoms with Gasteiger partial charge in [-0.05, 0) is 30.7 Å². The number of benzene rings is 1. The molecule has 1 heterocycles. The van der Waals surface area contributed by atoms with Gasteiger partial charge in [0.15, 0.2) is 0 Å². The van der Waals surface area contributed by atoms with Crippen LogP contribution in [0.25, 0.3) is 0 Å². The fourth-order valence-corrected chi connectivity index (χ4v) is 2.81. The molecule has 7 heteroatoms. The first-order valence-corrected chi connectivity index (χ1v) is 7.63. The number of rotatable bonds is 4. The minimum Gasteiger partial charge on any atom is -0.342 e. The van der Waals surface area contributed by atoms with E-state index >= 15 is 0 Å². The van der Waals surface area contributed by atoms with E-state index in [1.807, 2.05) is 0 Å². The monoisotopic (exact) mass is 319 g/mol. The fraction of sp³-hybridized carbons (Fsp3) is 0.438. The largest absolute Gasteiger partial charge is 0.342 e. The van der Waals surface area contributed by atoms with Gasteiger partial charge in [-0.25, -0.2) is 4.39 Å². The first-order chi connectivity index (χ1) is 11.1. The number of anilines is 1. The molecule has 2 aliphatic rings. The average molecular weight is 319 g/mol. The molecular formula is C16H18FN3O3. The summed E-state index contributed by atoms with van der Waals surface area (Å²) >= 11 is 0. The molecule has 3 amide bonds. The van der Waals surface area contributed by atoms with Crippen LogP contribution in [0.3, 0.4) is 0 Å². The highest BCUT2D eigenvalue weighted by atomic mass is 19.1. The second-order valence-electron chi connectivity index (χ2n) is 5.91. The summed E-state index contributed by atoms with van der Waals surface area (Å²) in [5.41, 5.74) is 0.522. The summed E-state index contributed by atoms with van der Waals surface area (Å²) in [6, 6.07) is 5.53. The number of piperazine rings is 1. The third-order valence-electron chi connectivity index (χ3n) is 4.33. The predicted molar refractivity (Wildman–Crippen MR) is 80.8 cm³/mol. The van der Waals surface area contributed by atoms with E-state index in [9.17, 15) is 18.8 Å². The Morgan fingerprint density at radius 2 is 1.74 bits per heavy atom. The summed E-state index contributed by atoms with van der Waals surface area (Å²) < 4.78 is 12.8. The van der Waals surface area contributed by atoms with Crippen LogP contribution in [0.1, 0.15) is 6.42 Å². The second kappa shape index (κ2) is 6.36. The number of carbonyl (C=O) groups is 3. The zero-order valence-corrected chi connectivity index (χ0v) is 12.6. The maximum absolute atomic E-state index is 12.8. The molecule has 122 valence electrons. The fourth-order valence-electron chi connectivity index (χ4n) is 2.81. The second-order valence-corrected chi connectivity index (χ2v) is 5.91. The Balaban J connectivity index is 1.50. The van der Waals surface area contributed by atoms with Crippen molar-refractivity contribution in [2.24, 2.45) is 11.8 Å². The lowest BCUT2D eigenvalue weighted by atomic mass is 10.2. The van der Waals surface area contributed by atoms with Gasteiger partial charge in [-0.2, -0.15) is 0 Å². The Bertz CT molecular complexity index is 612.